The predicted molar refractivity (Wildman–Crippen MR) is 301 cm³/mol. The minimum atomic E-state index is -0.198. The highest BCUT2D eigenvalue weighted by Crippen LogP contribution is 2.48. The Morgan fingerprint density at radius 2 is 1.00 bits per heavy atom. The Labute approximate surface area is 434 Å². The van der Waals surface area contributed by atoms with E-state index in [2.05, 4.69) is 99.6 Å². The molecule has 0 aromatic carbocycles. The third kappa shape index (κ3) is 16.7. The number of hydrogen-bond acceptors (Lipinski definition) is 6. The molecule has 0 aliphatic carbocycles. The van der Waals surface area contributed by atoms with Gasteiger partial charge in [-0.25, -0.2) is 0 Å². The molecule has 3 aromatic heterocycles. The van der Waals surface area contributed by atoms with E-state index in [1.54, 1.807) is 22.3 Å². The van der Waals surface area contributed by atoms with E-state index < -0.39 is 0 Å². The van der Waals surface area contributed by atoms with E-state index in [9.17, 15) is 5.11 Å². The van der Waals surface area contributed by atoms with E-state index in [0.717, 1.165) is 62.0 Å². The largest absolute Gasteiger partial charge is 0.506 e. The second-order valence-electron chi connectivity index (χ2n) is 22.8. The molecular weight excluding hydrogens is 901 g/mol. The number of hydrogen-bond donors (Lipinski definition) is 1. The minimum absolute atomic E-state index is 0.0321. The van der Waals surface area contributed by atoms with Crippen molar-refractivity contribution in [3.8, 4) is 20.4 Å². The van der Waals surface area contributed by atoms with Gasteiger partial charge in [-0.15, -0.1) is 22.7 Å². The van der Waals surface area contributed by atoms with E-state index >= 15 is 9.59 Å². The quantitative estimate of drug-likeness (QED) is 0.0375. The van der Waals surface area contributed by atoms with Crippen molar-refractivity contribution in [2.45, 2.75) is 229 Å². The number of aliphatic hydroxyl groups excluding tert-OH is 1. The third-order valence-electron chi connectivity index (χ3n) is 14.3. The maximum atomic E-state index is 15.6. The molecule has 6 nitrogen and oxygen atoms in total. The highest BCUT2D eigenvalue weighted by molar-refractivity contribution is 7.23. The van der Waals surface area contributed by atoms with Gasteiger partial charge in [0.2, 0.25) is 0 Å². The first-order chi connectivity index (χ1) is 33.6. The summed E-state index contributed by atoms with van der Waals surface area (Å²) in [4.78, 5) is 39.6. The monoisotopic (exact) mass is 995 g/mol. The minimum Gasteiger partial charge on any atom is -0.506 e. The Balaban J connectivity index is 1.61. The number of rotatable bonds is 33. The number of unbranched alkanes of at least 4 members (excludes halogenated alkanes) is 16. The predicted octanol–water partition coefficient (Wildman–Crippen LogP) is 19.4. The summed E-state index contributed by atoms with van der Waals surface area (Å²) in [6.07, 6.45) is 33.8. The standard InChI is InChI=1S/C62H94N2O4S2/c1-11-15-19-23-25-29-34-46(32-27-21-17-13-3)44-63-57(48(65)36-31-43-61(5,6)7)55-56(60(63)67)58(64(59(55)66)45-47(33-28-22-18-14-4)35-30-26-24-20-16-12-2)50-38-37-49(68-50)51-39-40-52(69-51)53-41-42-54(70-53)62(8,9)10/h31,36-43,46-47,65H,11-30,32-35,44-45H2,1-10H3/b43-31+,48-36-. The number of furan rings is 1. The Kier molecular flexibility index (Phi) is 23.4. The molecular formula is C62H94N2O4S2. The van der Waals surface area contributed by atoms with E-state index in [1.165, 1.54) is 117 Å². The summed E-state index contributed by atoms with van der Waals surface area (Å²) < 4.78 is 6.89. The van der Waals surface area contributed by atoms with Crippen molar-refractivity contribution < 1.29 is 19.1 Å². The van der Waals surface area contributed by atoms with Crippen LogP contribution in [0, 0.1) is 17.3 Å². The van der Waals surface area contributed by atoms with Crippen LogP contribution >= 0.6 is 22.7 Å². The second-order valence-corrected chi connectivity index (χ2v) is 25.0. The summed E-state index contributed by atoms with van der Waals surface area (Å²) in [6, 6.07) is 12.8. The third-order valence-corrected chi connectivity index (χ3v) is 17.1. The van der Waals surface area contributed by atoms with Crippen LogP contribution in [-0.2, 0) is 15.0 Å². The van der Waals surface area contributed by atoms with Crippen molar-refractivity contribution in [3.63, 3.8) is 0 Å². The number of allylic oxidation sites excluding steroid dienone is 3. The van der Waals surface area contributed by atoms with Crippen molar-refractivity contribution in [1.29, 1.82) is 0 Å². The fraction of sp³-hybridized carbons (Fsp3) is 0.645. The lowest BCUT2D eigenvalue weighted by molar-refractivity contribution is -0.125. The summed E-state index contributed by atoms with van der Waals surface area (Å²) in [5.41, 5.74) is 1.61. The van der Waals surface area contributed by atoms with Gasteiger partial charge in [0.05, 0.1) is 21.7 Å². The van der Waals surface area contributed by atoms with Gasteiger partial charge in [-0.3, -0.25) is 9.59 Å². The Hall–Kier alpha value is -3.62. The highest BCUT2D eigenvalue weighted by atomic mass is 32.1. The number of fused-ring (bicyclic) bond motifs is 1. The number of thiophene rings is 2. The summed E-state index contributed by atoms with van der Waals surface area (Å²) in [6.45, 7) is 23.2. The Morgan fingerprint density at radius 3 is 1.51 bits per heavy atom. The van der Waals surface area contributed by atoms with Gasteiger partial charge in [0.25, 0.3) is 11.8 Å². The molecule has 0 spiro atoms. The zero-order valence-corrected chi connectivity index (χ0v) is 47.3. The van der Waals surface area contributed by atoms with Crippen molar-refractivity contribution in [2.75, 3.05) is 13.1 Å². The zero-order valence-electron chi connectivity index (χ0n) is 45.6. The molecule has 70 heavy (non-hydrogen) atoms. The lowest BCUT2D eigenvalue weighted by Crippen LogP contribution is -2.35. The molecule has 2 unspecified atom stereocenters. The number of nitrogens with zero attached hydrogens (tertiary/aromatic N) is 2. The van der Waals surface area contributed by atoms with Crippen molar-refractivity contribution in [1.82, 2.24) is 9.80 Å². The molecule has 2 atom stereocenters. The fourth-order valence-electron chi connectivity index (χ4n) is 10.2. The van der Waals surface area contributed by atoms with E-state index in [4.69, 9.17) is 4.42 Å². The van der Waals surface area contributed by atoms with E-state index in [-0.39, 0.29) is 40.2 Å². The number of aliphatic hydroxyl groups is 1. The SMILES string of the molecule is CCCCCCCCC(CCCCCC)CN1C(=O)C2=C(c3ccc(-c4ccc(-c5ccc(C(C)(C)C)s5)s4)o3)N(CC(CCCCCC)CCCCCCCC)C(=O)C2=C1/C(O)=C/C=C/C(C)(C)C. The van der Waals surface area contributed by atoms with Gasteiger partial charge in [-0.05, 0) is 90.8 Å². The van der Waals surface area contributed by atoms with Gasteiger partial charge in [0, 0.05) is 27.7 Å². The van der Waals surface area contributed by atoms with Crippen molar-refractivity contribution in [2.24, 2.45) is 17.3 Å². The molecule has 0 saturated carbocycles. The van der Waals surface area contributed by atoms with Crippen LogP contribution in [0.3, 0.4) is 0 Å². The normalized spacial score (nSPS) is 15.8. The van der Waals surface area contributed by atoms with E-state index in [1.807, 2.05) is 34.4 Å². The van der Waals surface area contributed by atoms with Crippen LogP contribution in [-0.4, -0.2) is 39.8 Å². The molecule has 0 bridgehead atoms. The number of carbonyl (C=O) groups excluding carboxylic acids is 2. The molecule has 2 aliphatic rings. The van der Waals surface area contributed by atoms with Gasteiger partial charge in [0.15, 0.2) is 5.76 Å². The van der Waals surface area contributed by atoms with E-state index in [0.29, 0.717) is 41.4 Å². The second kappa shape index (κ2) is 28.6. The molecule has 8 heteroatoms. The summed E-state index contributed by atoms with van der Waals surface area (Å²) in [5.74, 6) is 1.36. The Bertz CT molecular complexity index is 2200. The van der Waals surface area contributed by atoms with Crippen LogP contribution in [0.1, 0.15) is 234 Å². The number of amides is 2. The first kappa shape index (κ1) is 57.3. The smallest absolute Gasteiger partial charge is 0.261 e. The lowest BCUT2D eigenvalue weighted by atomic mass is 9.93. The molecule has 5 heterocycles. The molecule has 0 fully saturated rings. The molecule has 2 aliphatic heterocycles. The van der Waals surface area contributed by atoms with Crippen LogP contribution in [0.2, 0.25) is 0 Å². The summed E-state index contributed by atoms with van der Waals surface area (Å²) in [7, 11) is 0. The molecule has 5 rings (SSSR count). The van der Waals surface area contributed by atoms with Gasteiger partial charge in [0.1, 0.15) is 17.2 Å². The van der Waals surface area contributed by atoms with Crippen LogP contribution < -0.4 is 0 Å². The van der Waals surface area contributed by atoms with Crippen LogP contribution in [0.15, 0.2) is 81.6 Å². The molecule has 0 radical (unpaired) electrons. The fourth-order valence-corrected chi connectivity index (χ4v) is 12.3. The van der Waals surface area contributed by atoms with Crippen LogP contribution in [0.5, 0.6) is 0 Å². The van der Waals surface area contributed by atoms with Crippen LogP contribution in [0.25, 0.3) is 26.1 Å². The summed E-state index contributed by atoms with van der Waals surface area (Å²) >= 11 is 3.55. The van der Waals surface area contributed by atoms with Crippen molar-refractivity contribution in [3.05, 3.63) is 87.9 Å². The Morgan fingerprint density at radius 1 is 0.557 bits per heavy atom. The maximum Gasteiger partial charge on any atom is 0.261 e. The topological polar surface area (TPSA) is 74.0 Å². The summed E-state index contributed by atoms with van der Waals surface area (Å²) in [5, 5.41) is 12.3. The van der Waals surface area contributed by atoms with Crippen LogP contribution in [0.4, 0.5) is 0 Å². The van der Waals surface area contributed by atoms with Gasteiger partial charge in [-0.1, -0.05) is 210 Å². The number of carbonyl (C=O) groups is 2. The van der Waals surface area contributed by atoms with Gasteiger partial charge >= 0.3 is 0 Å². The average molecular weight is 996 g/mol. The van der Waals surface area contributed by atoms with Crippen molar-refractivity contribution >= 4 is 40.2 Å². The molecule has 2 amide bonds. The molecule has 0 saturated heterocycles. The molecule has 3 aromatic rings. The van der Waals surface area contributed by atoms with Gasteiger partial charge in [-0.2, -0.15) is 0 Å². The van der Waals surface area contributed by atoms with Gasteiger partial charge < -0.3 is 19.3 Å². The first-order valence-corrected chi connectivity index (χ1v) is 29.8. The lowest BCUT2D eigenvalue weighted by Gasteiger charge is -2.29. The zero-order chi connectivity index (χ0) is 50.7. The average Bonchev–Trinajstić information content (AvgIpc) is 4.17. The maximum absolute atomic E-state index is 15.6. The first-order valence-electron chi connectivity index (χ1n) is 28.1. The molecule has 1 N–H and O–H groups in total. The highest BCUT2D eigenvalue weighted by Gasteiger charge is 2.51. The molecule has 388 valence electrons.